The molecule has 0 aliphatic carbocycles. The van der Waals surface area contributed by atoms with E-state index in [0.717, 1.165) is 12.1 Å². The van der Waals surface area contributed by atoms with Gasteiger partial charge < -0.3 is 10.5 Å². The Morgan fingerprint density at radius 3 is 2.47 bits per heavy atom. The Balaban J connectivity index is 3.21. The summed E-state index contributed by atoms with van der Waals surface area (Å²) in [6.07, 6.45) is -4.72. The maximum atomic E-state index is 11.9. The van der Waals surface area contributed by atoms with Crippen LogP contribution in [0.1, 0.15) is 10.4 Å². The van der Waals surface area contributed by atoms with Crippen LogP contribution < -0.4 is 10.5 Å². The molecule has 15 heavy (non-hydrogen) atoms. The second-order valence-electron chi connectivity index (χ2n) is 2.58. The second kappa shape index (κ2) is 3.98. The lowest BCUT2D eigenvalue weighted by molar-refractivity contribution is -0.274. The van der Waals surface area contributed by atoms with Crippen molar-refractivity contribution in [2.24, 2.45) is 0 Å². The third kappa shape index (κ3) is 3.02. The lowest BCUT2D eigenvalue weighted by Crippen LogP contribution is -2.19. The fourth-order valence-corrected chi connectivity index (χ4v) is 1.19. The standard InChI is InChI=1S/C8H5ClF3NO2/c9-5-1-4(3-14)7(6(13)2-5)15-8(10,11)12/h1-3H,13H2. The molecule has 0 aliphatic rings. The molecule has 0 aliphatic heterocycles. The molecule has 0 radical (unpaired) electrons. The SMILES string of the molecule is Nc1cc(Cl)cc(C=O)c1OC(F)(F)F. The lowest BCUT2D eigenvalue weighted by Gasteiger charge is -2.13. The number of hydrogen-bond donors (Lipinski definition) is 1. The van der Waals surface area contributed by atoms with Gasteiger partial charge in [0.05, 0.1) is 11.3 Å². The largest absolute Gasteiger partial charge is 0.573 e. The van der Waals surface area contributed by atoms with Crippen LogP contribution in [0.2, 0.25) is 5.02 Å². The van der Waals surface area contributed by atoms with E-state index in [1.807, 2.05) is 0 Å². The van der Waals surface area contributed by atoms with Crippen LogP contribution >= 0.6 is 11.6 Å². The first-order valence-electron chi connectivity index (χ1n) is 3.63. The zero-order valence-corrected chi connectivity index (χ0v) is 7.89. The smallest absolute Gasteiger partial charge is 0.403 e. The van der Waals surface area contributed by atoms with Crippen molar-refractivity contribution in [3.63, 3.8) is 0 Å². The Morgan fingerprint density at radius 1 is 1.40 bits per heavy atom. The quantitative estimate of drug-likeness (QED) is 0.638. The monoisotopic (exact) mass is 239 g/mol. The van der Waals surface area contributed by atoms with Gasteiger partial charge in [0.1, 0.15) is 0 Å². The molecule has 82 valence electrons. The predicted octanol–water partition coefficient (Wildman–Crippen LogP) is 2.63. The van der Waals surface area contributed by atoms with Crippen molar-refractivity contribution in [3.05, 3.63) is 22.7 Å². The van der Waals surface area contributed by atoms with E-state index < -0.39 is 12.1 Å². The highest BCUT2D eigenvalue weighted by Gasteiger charge is 2.33. The zero-order chi connectivity index (χ0) is 11.6. The first-order valence-corrected chi connectivity index (χ1v) is 4.01. The van der Waals surface area contributed by atoms with E-state index in [9.17, 15) is 18.0 Å². The average Bonchev–Trinajstić information content (AvgIpc) is 2.07. The summed E-state index contributed by atoms with van der Waals surface area (Å²) in [5.74, 6) is -0.734. The number of hydrogen-bond acceptors (Lipinski definition) is 3. The van der Waals surface area contributed by atoms with Gasteiger partial charge in [0.15, 0.2) is 12.0 Å². The number of alkyl halides is 3. The number of ether oxygens (including phenoxy) is 1. The molecule has 0 bridgehead atoms. The number of anilines is 1. The maximum Gasteiger partial charge on any atom is 0.573 e. The fourth-order valence-electron chi connectivity index (χ4n) is 0.958. The molecule has 0 heterocycles. The van der Waals surface area contributed by atoms with Crippen LogP contribution in [0.3, 0.4) is 0 Å². The third-order valence-corrected chi connectivity index (χ3v) is 1.67. The van der Waals surface area contributed by atoms with Gasteiger partial charge in [-0.2, -0.15) is 0 Å². The highest BCUT2D eigenvalue weighted by Crippen LogP contribution is 2.33. The molecule has 0 amide bonds. The van der Waals surface area contributed by atoms with Gasteiger partial charge in [-0.3, -0.25) is 4.79 Å². The van der Waals surface area contributed by atoms with E-state index >= 15 is 0 Å². The van der Waals surface area contributed by atoms with Crippen LogP contribution in [-0.2, 0) is 0 Å². The van der Waals surface area contributed by atoms with Gasteiger partial charge in [0.25, 0.3) is 0 Å². The summed E-state index contributed by atoms with van der Waals surface area (Å²) in [4.78, 5) is 10.5. The minimum absolute atomic E-state index is 0.0594. The lowest BCUT2D eigenvalue weighted by atomic mass is 10.2. The van der Waals surface area contributed by atoms with Crippen LogP contribution in [0, 0.1) is 0 Å². The number of rotatable bonds is 2. The third-order valence-electron chi connectivity index (χ3n) is 1.46. The first-order chi connectivity index (χ1) is 6.83. The molecule has 1 aromatic rings. The summed E-state index contributed by atoms with van der Waals surface area (Å²) in [6.45, 7) is 0. The van der Waals surface area contributed by atoms with Crippen molar-refractivity contribution in [3.8, 4) is 5.75 Å². The minimum Gasteiger partial charge on any atom is -0.403 e. The van der Waals surface area contributed by atoms with Crippen molar-refractivity contribution in [1.82, 2.24) is 0 Å². The molecule has 0 unspecified atom stereocenters. The number of aldehydes is 1. The molecule has 1 aromatic carbocycles. The van der Waals surface area contributed by atoms with Crippen LogP contribution in [-0.4, -0.2) is 12.6 Å². The molecular formula is C8H5ClF3NO2. The van der Waals surface area contributed by atoms with Gasteiger partial charge in [-0.1, -0.05) is 11.6 Å². The van der Waals surface area contributed by atoms with Crippen molar-refractivity contribution in [2.45, 2.75) is 6.36 Å². The van der Waals surface area contributed by atoms with Gasteiger partial charge >= 0.3 is 6.36 Å². The number of halogens is 4. The van der Waals surface area contributed by atoms with Gasteiger partial charge in [-0.15, -0.1) is 13.2 Å². The molecular weight excluding hydrogens is 235 g/mol. The molecule has 3 nitrogen and oxygen atoms in total. The predicted molar refractivity (Wildman–Crippen MR) is 47.9 cm³/mol. The summed E-state index contributed by atoms with van der Waals surface area (Å²) in [7, 11) is 0. The topological polar surface area (TPSA) is 52.3 Å². The number of nitrogens with two attached hydrogens (primary N) is 1. The van der Waals surface area contributed by atoms with Crippen molar-refractivity contribution < 1.29 is 22.7 Å². The Kier molecular flexibility index (Phi) is 3.09. The molecule has 0 atom stereocenters. The highest BCUT2D eigenvalue weighted by atomic mass is 35.5. The van der Waals surface area contributed by atoms with Gasteiger partial charge in [0.2, 0.25) is 0 Å². The Labute approximate surface area is 87.6 Å². The number of carbonyl (C=O) groups is 1. The molecule has 1 rings (SSSR count). The summed E-state index contributed by atoms with van der Waals surface area (Å²) < 4.78 is 39.3. The number of benzene rings is 1. The van der Waals surface area contributed by atoms with Crippen LogP contribution in [0.4, 0.5) is 18.9 Å². The molecule has 7 heteroatoms. The second-order valence-corrected chi connectivity index (χ2v) is 3.02. The average molecular weight is 240 g/mol. The summed E-state index contributed by atoms with van der Waals surface area (Å²) in [5.41, 5.74) is 4.54. The van der Waals surface area contributed by atoms with E-state index in [4.69, 9.17) is 17.3 Å². The van der Waals surface area contributed by atoms with E-state index in [2.05, 4.69) is 4.74 Å². The number of carbonyl (C=O) groups excluding carboxylic acids is 1. The summed E-state index contributed by atoms with van der Waals surface area (Å²) in [6, 6.07) is 2.10. The minimum atomic E-state index is -4.90. The molecule has 0 saturated carbocycles. The molecule has 0 spiro atoms. The van der Waals surface area contributed by atoms with E-state index in [0.29, 0.717) is 0 Å². The van der Waals surface area contributed by atoms with E-state index in [-0.39, 0.29) is 22.6 Å². The van der Waals surface area contributed by atoms with Crippen LogP contribution in [0.5, 0.6) is 5.75 Å². The Hall–Kier alpha value is -1.43. The molecule has 0 aromatic heterocycles. The fraction of sp³-hybridized carbons (Fsp3) is 0.125. The molecule has 2 N–H and O–H groups in total. The highest BCUT2D eigenvalue weighted by molar-refractivity contribution is 6.31. The summed E-state index contributed by atoms with van der Waals surface area (Å²) >= 11 is 5.50. The number of nitrogen functional groups attached to an aromatic ring is 1. The normalized spacial score (nSPS) is 11.2. The van der Waals surface area contributed by atoms with Crippen LogP contribution in [0.25, 0.3) is 0 Å². The molecule has 0 saturated heterocycles. The van der Waals surface area contributed by atoms with Gasteiger partial charge in [-0.25, -0.2) is 0 Å². The van der Waals surface area contributed by atoms with Gasteiger partial charge in [-0.05, 0) is 12.1 Å². The molecule has 0 fully saturated rings. The Bertz CT molecular complexity index is 392. The Morgan fingerprint density at radius 2 is 2.00 bits per heavy atom. The van der Waals surface area contributed by atoms with E-state index in [1.165, 1.54) is 0 Å². The maximum absolute atomic E-state index is 11.9. The van der Waals surface area contributed by atoms with Gasteiger partial charge in [0, 0.05) is 5.02 Å². The zero-order valence-electron chi connectivity index (χ0n) is 7.14. The first kappa shape index (κ1) is 11.6. The van der Waals surface area contributed by atoms with E-state index in [1.54, 1.807) is 0 Å². The van der Waals surface area contributed by atoms with Crippen molar-refractivity contribution >= 4 is 23.6 Å². The summed E-state index contributed by atoms with van der Waals surface area (Å²) in [5, 5.41) is 0.0594. The van der Waals surface area contributed by atoms with Crippen molar-refractivity contribution in [1.29, 1.82) is 0 Å². The van der Waals surface area contributed by atoms with Crippen molar-refractivity contribution in [2.75, 3.05) is 5.73 Å². The van der Waals surface area contributed by atoms with Crippen LogP contribution in [0.15, 0.2) is 12.1 Å².